The lowest BCUT2D eigenvalue weighted by molar-refractivity contribution is 0.0224. The van der Waals surface area contributed by atoms with Crippen molar-refractivity contribution in [2.45, 2.75) is 38.2 Å². The zero-order valence-corrected chi connectivity index (χ0v) is 16.3. The minimum absolute atomic E-state index is 0.260. The average molecular weight is 379 g/mol. The second-order valence-corrected chi connectivity index (χ2v) is 7.17. The molecule has 0 aromatic carbocycles. The maximum Gasteiger partial charge on any atom is 0.191 e. The molecule has 1 aromatic rings. The molecule has 27 heavy (non-hydrogen) atoms. The average Bonchev–Trinajstić information content (AvgIpc) is 3.24. The molecule has 1 atom stereocenters. The molecule has 3 heterocycles. The molecule has 0 spiro atoms. The van der Waals surface area contributed by atoms with Crippen molar-refractivity contribution in [1.82, 2.24) is 15.5 Å². The minimum Gasteiger partial charge on any atom is -0.469 e. The highest BCUT2D eigenvalue weighted by molar-refractivity contribution is 5.79. The van der Waals surface area contributed by atoms with Gasteiger partial charge in [-0.05, 0) is 44.4 Å². The Morgan fingerprint density at radius 2 is 2.04 bits per heavy atom. The van der Waals surface area contributed by atoms with Crippen molar-refractivity contribution in [3.8, 4) is 0 Å². The van der Waals surface area contributed by atoms with Gasteiger partial charge in [-0.25, -0.2) is 0 Å². The Bertz CT molecular complexity index is 523. The molecule has 2 N–H and O–H groups in total. The van der Waals surface area contributed by atoms with Crippen LogP contribution in [0.25, 0.3) is 0 Å². The van der Waals surface area contributed by atoms with E-state index in [9.17, 15) is 0 Å². The number of hydrogen-bond acceptors (Lipinski definition) is 5. The van der Waals surface area contributed by atoms with Crippen LogP contribution in [0.15, 0.2) is 27.8 Å². The van der Waals surface area contributed by atoms with Crippen LogP contribution in [0.3, 0.4) is 0 Å². The largest absolute Gasteiger partial charge is 0.469 e. The van der Waals surface area contributed by atoms with Crippen molar-refractivity contribution in [2.75, 3.05) is 59.1 Å². The molecule has 7 nitrogen and oxygen atoms in total. The van der Waals surface area contributed by atoms with Gasteiger partial charge >= 0.3 is 0 Å². The van der Waals surface area contributed by atoms with Crippen molar-refractivity contribution in [3.63, 3.8) is 0 Å². The van der Waals surface area contributed by atoms with E-state index in [1.54, 1.807) is 6.26 Å². The third-order valence-electron chi connectivity index (χ3n) is 5.02. The zero-order valence-electron chi connectivity index (χ0n) is 16.3. The second kappa shape index (κ2) is 12.0. The molecule has 7 heteroatoms. The van der Waals surface area contributed by atoms with Crippen LogP contribution in [0.1, 0.15) is 31.4 Å². The third-order valence-corrected chi connectivity index (χ3v) is 5.02. The van der Waals surface area contributed by atoms with Gasteiger partial charge in [0, 0.05) is 39.2 Å². The number of nitrogens with one attached hydrogen (secondary N) is 2. The quantitative estimate of drug-likeness (QED) is 0.387. The van der Waals surface area contributed by atoms with E-state index in [4.69, 9.17) is 18.9 Å². The highest BCUT2D eigenvalue weighted by Crippen LogP contribution is 2.12. The van der Waals surface area contributed by atoms with E-state index in [0.717, 1.165) is 90.1 Å². The first-order chi connectivity index (χ1) is 13.4. The summed E-state index contributed by atoms with van der Waals surface area (Å²) in [5.41, 5.74) is 0. The van der Waals surface area contributed by atoms with E-state index in [1.807, 2.05) is 12.1 Å². The number of ether oxygens (including phenoxy) is 2. The Morgan fingerprint density at radius 1 is 1.15 bits per heavy atom. The molecule has 152 valence electrons. The van der Waals surface area contributed by atoms with Crippen LogP contribution in [0, 0.1) is 0 Å². The lowest BCUT2D eigenvalue weighted by atomic mass is 10.1. The zero-order chi connectivity index (χ0) is 18.6. The Labute approximate surface area is 162 Å². The molecule has 3 rings (SSSR count). The molecule has 2 fully saturated rings. The Hall–Kier alpha value is -1.57. The number of guanidine groups is 1. The van der Waals surface area contributed by atoms with Gasteiger partial charge in [0.15, 0.2) is 5.96 Å². The predicted molar refractivity (Wildman–Crippen MR) is 106 cm³/mol. The van der Waals surface area contributed by atoms with Crippen LogP contribution in [0.4, 0.5) is 0 Å². The molecule has 2 aliphatic heterocycles. The normalized spacial score (nSPS) is 21.9. The van der Waals surface area contributed by atoms with E-state index in [1.165, 1.54) is 12.8 Å². The highest BCUT2D eigenvalue weighted by atomic mass is 16.5. The van der Waals surface area contributed by atoms with Crippen molar-refractivity contribution in [3.05, 3.63) is 24.2 Å². The Kier molecular flexibility index (Phi) is 8.97. The monoisotopic (exact) mass is 378 g/mol. The molecule has 1 aromatic heterocycles. The molecule has 0 radical (unpaired) electrons. The summed E-state index contributed by atoms with van der Waals surface area (Å²) in [6.45, 7) is 8.20. The molecular weight excluding hydrogens is 344 g/mol. The molecular formula is C20H34N4O3. The maximum absolute atomic E-state index is 5.80. The standard InChI is InChI=1S/C20H34N4O3/c1-2-13-27-19(5-1)17-23-20(22-9-7-18-6-3-14-26-18)21-8-4-10-24-11-15-25-16-12-24/h3,6,14,19H,1-2,4-5,7-13,15-17H2,(H2,21,22,23). The summed E-state index contributed by atoms with van der Waals surface area (Å²) in [7, 11) is 0. The summed E-state index contributed by atoms with van der Waals surface area (Å²) in [6, 6.07) is 3.93. The summed E-state index contributed by atoms with van der Waals surface area (Å²) in [6.07, 6.45) is 7.45. The lowest BCUT2D eigenvalue weighted by Crippen LogP contribution is -2.41. The van der Waals surface area contributed by atoms with Crippen LogP contribution in [0.2, 0.25) is 0 Å². The fourth-order valence-corrected chi connectivity index (χ4v) is 3.41. The van der Waals surface area contributed by atoms with Crippen LogP contribution in [-0.2, 0) is 15.9 Å². The first-order valence-electron chi connectivity index (χ1n) is 10.4. The number of rotatable bonds is 9. The first-order valence-corrected chi connectivity index (χ1v) is 10.4. The Balaban J connectivity index is 1.39. The predicted octanol–water partition coefficient (Wildman–Crippen LogP) is 1.65. The van der Waals surface area contributed by atoms with E-state index >= 15 is 0 Å². The minimum atomic E-state index is 0.260. The smallest absolute Gasteiger partial charge is 0.191 e. The van der Waals surface area contributed by atoms with Gasteiger partial charge in [-0.2, -0.15) is 0 Å². The first kappa shape index (κ1) is 20.2. The van der Waals surface area contributed by atoms with E-state index in [0.29, 0.717) is 0 Å². The SMILES string of the molecule is c1coc(CCNC(=NCC2CCCCO2)NCCCN2CCOCC2)c1. The van der Waals surface area contributed by atoms with Gasteiger partial charge in [0.05, 0.1) is 32.1 Å². The lowest BCUT2D eigenvalue weighted by Gasteiger charge is -2.26. The van der Waals surface area contributed by atoms with Gasteiger partial charge in [-0.1, -0.05) is 0 Å². The summed E-state index contributed by atoms with van der Waals surface area (Å²) in [4.78, 5) is 7.22. The fraction of sp³-hybridized carbons (Fsp3) is 0.750. The molecule has 0 aliphatic carbocycles. The van der Waals surface area contributed by atoms with Gasteiger partial charge in [-0.3, -0.25) is 9.89 Å². The van der Waals surface area contributed by atoms with Crippen molar-refractivity contribution in [1.29, 1.82) is 0 Å². The molecule has 1 unspecified atom stereocenters. The summed E-state index contributed by atoms with van der Waals surface area (Å²) >= 11 is 0. The maximum atomic E-state index is 5.80. The number of nitrogens with zero attached hydrogens (tertiary/aromatic N) is 2. The molecule has 0 amide bonds. The van der Waals surface area contributed by atoms with Gasteiger partial charge in [0.1, 0.15) is 5.76 Å². The van der Waals surface area contributed by atoms with E-state index in [2.05, 4.69) is 15.5 Å². The fourth-order valence-electron chi connectivity index (χ4n) is 3.41. The van der Waals surface area contributed by atoms with Gasteiger partial charge in [0.2, 0.25) is 0 Å². The molecule has 0 saturated carbocycles. The van der Waals surface area contributed by atoms with Crippen LogP contribution in [0.5, 0.6) is 0 Å². The number of furan rings is 1. The van der Waals surface area contributed by atoms with E-state index in [-0.39, 0.29) is 6.10 Å². The topological polar surface area (TPSA) is 71.3 Å². The highest BCUT2D eigenvalue weighted by Gasteiger charge is 2.13. The van der Waals surface area contributed by atoms with Crippen LogP contribution in [-0.4, -0.2) is 76.1 Å². The Morgan fingerprint density at radius 3 is 2.81 bits per heavy atom. The number of hydrogen-bond donors (Lipinski definition) is 2. The number of morpholine rings is 1. The molecule has 2 saturated heterocycles. The van der Waals surface area contributed by atoms with Crippen molar-refractivity contribution >= 4 is 5.96 Å². The second-order valence-electron chi connectivity index (χ2n) is 7.17. The van der Waals surface area contributed by atoms with Gasteiger partial charge in [0.25, 0.3) is 0 Å². The van der Waals surface area contributed by atoms with Crippen LogP contribution >= 0.6 is 0 Å². The van der Waals surface area contributed by atoms with Crippen LogP contribution < -0.4 is 10.6 Å². The molecule has 2 aliphatic rings. The van der Waals surface area contributed by atoms with Gasteiger partial charge < -0.3 is 24.5 Å². The summed E-state index contributed by atoms with van der Waals surface area (Å²) in [5, 5.41) is 6.90. The number of aliphatic imine (C=N–C) groups is 1. The molecule has 0 bridgehead atoms. The van der Waals surface area contributed by atoms with Crippen molar-refractivity contribution in [2.24, 2.45) is 4.99 Å². The third kappa shape index (κ3) is 7.91. The van der Waals surface area contributed by atoms with Gasteiger partial charge in [-0.15, -0.1) is 0 Å². The summed E-state index contributed by atoms with van der Waals surface area (Å²) in [5.74, 6) is 1.86. The summed E-state index contributed by atoms with van der Waals surface area (Å²) < 4.78 is 16.6. The van der Waals surface area contributed by atoms with Crippen molar-refractivity contribution < 1.29 is 13.9 Å². The van der Waals surface area contributed by atoms with E-state index < -0.39 is 0 Å².